The second kappa shape index (κ2) is 8.49. The lowest BCUT2D eigenvalue weighted by atomic mass is 10.0. The Labute approximate surface area is 127 Å². The SMILES string of the molecule is O=C1CCCCCCN1Cc1ccccc1C#CCCO. The molecule has 0 atom stereocenters. The fraction of sp³-hybridized carbons (Fsp3) is 0.500. The predicted octanol–water partition coefficient (Wildman–Crippen LogP) is 2.71. The van der Waals surface area contributed by atoms with E-state index in [0.717, 1.165) is 30.5 Å². The van der Waals surface area contributed by atoms with Crippen LogP contribution in [0.4, 0.5) is 0 Å². The van der Waals surface area contributed by atoms with Crippen molar-refractivity contribution >= 4 is 5.91 Å². The van der Waals surface area contributed by atoms with Crippen molar-refractivity contribution in [1.82, 2.24) is 4.90 Å². The Morgan fingerprint density at radius 1 is 1.14 bits per heavy atom. The van der Waals surface area contributed by atoms with Crippen LogP contribution in [-0.4, -0.2) is 29.1 Å². The smallest absolute Gasteiger partial charge is 0.222 e. The van der Waals surface area contributed by atoms with Crippen molar-refractivity contribution in [3.8, 4) is 11.8 Å². The summed E-state index contributed by atoms with van der Waals surface area (Å²) in [5.41, 5.74) is 2.05. The monoisotopic (exact) mass is 285 g/mol. The van der Waals surface area contributed by atoms with Gasteiger partial charge in [-0.25, -0.2) is 0 Å². The average Bonchev–Trinajstić information content (AvgIpc) is 2.49. The molecule has 1 aliphatic heterocycles. The highest BCUT2D eigenvalue weighted by molar-refractivity contribution is 5.76. The van der Waals surface area contributed by atoms with Gasteiger partial charge in [-0.15, -0.1) is 0 Å². The van der Waals surface area contributed by atoms with Gasteiger partial charge < -0.3 is 10.0 Å². The molecule has 3 nitrogen and oxygen atoms in total. The number of hydrogen-bond donors (Lipinski definition) is 1. The lowest BCUT2D eigenvalue weighted by molar-refractivity contribution is -0.132. The lowest BCUT2D eigenvalue weighted by Gasteiger charge is -2.25. The van der Waals surface area contributed by atoms with Crippen LogP contribution in [-0.2, 0) is 11.3 Å². The molecule has 21 heavy (non-hydrogen) atoms. The van der Waals surface area contributed by atoms with Crippen LogP contribution in [0.15, 0.2) is 24.3 Å². The van der Waals surface area contributed by atoms with Gasteiger partial charge in [0.1, 0.15) is 0 Å². The van der Waals surface area contributed by atoms with E-state index in [-0.39, 0.29) is 12.5 Å². The van der Waals surface area contributed by atoms with Gasteiger partial charge in [0, 0.05) is 31.5 Å². The second-order valence-corrected chi connectivity index (χ2v) is 5.41. The molecule has 1 N–H and O–H groups in total. The molecule has 0 aromatic heterocycles. The van der Waals surface area contributed by atoms with E-state index in [0.29, 0.717) is 19.4 Å². The fourth-order valence-electron chi connectivity index (χ4n) is 2.58. The third-order valence-corrected chi connectivity index (χ3v) is 3.76. The zero-order valence-corrected chi connectivity index (χ0v) is 12.5. The van der Waals surface area contributed by atoms with Crippen molar-refractivity contribution in [2.45, 2.75) is 45.1 Å². The standard InChI is InChI=1S/C18H23NO2/c20-14-8-6-10-16-9-4-5-11-17(16)15-19-13-7-2-1-3-12-18(19)21/h4-5,9,11,20H,1-3,7-8,12-15H2. The van der Waals surface area contributed by atoms with E-state index >= 15 is 0 Å². The quantitative estimate of drug-likeness (QED) is 0.868. The molecule has 1 fully saturated rings. The Hall–Kier alpha value is -1.79. The molecular weight excluding hydrogens is 262 g/mol. The molecule has 3 heteroatoms. The maximum atomic E-state index is 12.2. The van der Waals surface area contributed by atoms with Crippen LogP contribution in [0, 0.1) is 11.8 Å². The number of aliphatic hydroxyl groups is 1. The number of carbonyl (C=O) groups is 1. The van der Waals surface area contributed by atoms with Crippen LogP contribution in [0.5, 0.6) is 0 Å². The number of hydrogen-bond acceptors (Lipinski definition) is 2. The Morgan fingerprint density at radius 3 is 2.81 bits per heavy atom. The molecule has 0 bridgehead atoms. The molecule has 0 aliphatic carbocycles. The first kappa shape index (κ1) is 15.6. The Balaban J connectivity index is 2.10. The number of aliphatic hydroxyl groups excluding tert-OH is 1. The first-order valence-electron chi connectivity index (χ1n) is 7.76. The molecule has 0 unspecified atom stereocenters. The summed E-state index contributed by atoms with van der Waals surface area (Å²) in [4.78, 5) is 14.2. The Morgan fingerprint density at radius 2 is 1.95 bits per heavy atom. The third-order valence-electron chi connectivity index (χ3n) is 3.76. The highest BCUT2D eigenvalue weighted by atomic mass is 16.2. The molecule has 112 valence electrons. The normalized spacial score (nSPS) is 15.9. The van der Waals surface area contributed by atoms with Gasteiger partial charge in [-0.2, -0.15) is 0 Å². The topological polar surface area (TPSA) is 40.5 Å². The highest BCUT2D eigenvalue weighted by Crippen LogP contribution is 2.16. The minimum atomic E-state index is 0.0831. The number of carbonyl (C=O) groups excluding carboxylic acids is 1. The summed E-state index contributed by atoms with van der Waals surface area (Å²) in [5.74, 6) is 6.31. The van der Waals surface area contributed by atoms with Crippen LogP contribution in [0.3, 0.4) is 0 Å². The van der Waals surface area contributed by atoms with E-state index in [9.17, 15) is 4.79 Å². The summed E-state index contributed by atoms with van der Waals surface area (Å²) in [6, 6.07) is 7.96. The first-order valence-corrected chi connectivity index (χ1v) is 7.76. The largest absolute Gasteiger partial charge is 0.395 e. The van der Waals surface area contributed by atoms with E-state index in [2.05, 4.69) is 11.8 Å². The van der Waals surface area contributed by atoms with Gasteiger partial charge in [-0.1, -0.05) is 42.9 Å². The molecule has 0 saturated carbocycles. The van der Waals surface area contributed by atoms with Gasteiger partial charge in [-0.05, 0) is 24.5 Å². The van der Waals surface area contributed by atoms with Crippen LogP contribution in [0.1, 0.15) is 49.7 Å². The van der Waals surface area contributed by atoms with E-state index in [4.69, 9.17) is 5.11 Å². The van der Waals surface area contributed by atoms with E-state index in [1.807, 2.05) is 29.2 Å². The molecule has 1 aromatic carbocycles. The van der Waals surface area contributed by atoms with E-state index in [1.165, 1.54) is 12.8 Å². The predicted molar refractivity (Wildman–Crippen MR) is 83.5 cm³/mol. The van der Waals surface area contributed by atoms with Gasteiger partial charge in [0.05, 0.1) is 6.61 Å². The Kier molecular flexibility index (Phi) is 6.30. The van der Waals surface area contributed by atoms with Crippen LogP contribution in [0.2, 0.25) is 0 Å². The van der Waals surface area contributed by atoms with Gasteiger partial charge >= 0.3 is 0 Å². The van der Waals surface area contributed by atoms with Crippen LogP contribution in [0.25, 0.3) is 0 Å². The fourth-order valence-corrected chi connectivity index (χ4v) is 2.58. The average molecular weight is 285 g/mol. The molecule has 0 spiro atoms. The van der Waals surface area contributed by atoms with Gasteiger partial charge in [0.2, 0.25) is 5.91 Å². The lowest BCUT2D eigenvalue weighted by Crippen LogP contribution is -2.32. The van der Waals surface area contributed by atoms with Crippen molar-refractivity contribution in [2.24, 2.45) is 0 Å². The Bertz CT molecular complexity index is 528. The molecule has 1 heterocycles. The molecule has 1 saturated heterocycles. The van der Waals surface area contributed by atoms with Crippen molar-refractivity contribution < 1.29 is 9.90 Å². The summed E-state index contributed by atoms with van der Waals surface area (Å²) in [7, 11) is 0. The van der Waals surface area contributed by atoms with E-state index < -0.39 is 0 Å². The van der Waals surface area contributed by atoms with Crippen LogP contribution >= 0.6 is 0 Å². The van der Waals surface area contributed by atoms with E-state index in [1.54, 1.807) is 0 Å². The molecular formula is C18H23NO2. The number of likely N-dealkylation sites (tertiary alicyclic amines) is 1. The minimum Gasteiger partial charge on any atom is -0.395 e. The van der Waals surface area contributed by atoms with Crippen molar-refractivity contribution in [2.75, 3.05) is 13.2 Å². The molecule has 1 aliphatic rings. The number of nitrogens with zero attached hydrogens (tertiary/aromatic N) is 1. The summed E-state index contributed by atoms with van der Waals surface area (Å²) in [6.45, 7) is 1.57. The summed E-state index contributed by atoms with van der Waals surface area (Å²) < 4.78 is 0. The summed E-state index contributed by atoms with van der Waals surface area (Å²) >= 11 is 0. The highest BCUT2D eigenvalue weighted by Gasteiger charge is 2.16. The molecule has 0 radical (unpaired) electrons. The number of benzene rings is 1. The first-order chi connectivity index (χ1) is 10.3. The maximum absolute atomic E-state index is 12.2. The second-order valence-electron chi connectivity index (χ2n) is 5.41. The van der Waals surface area contributed by atoms with Crippen LogP contribution < -0.4 is 0 Å². The maximum Gasteiger partial charge on any atom is 0.222 e. The number of rotatable bonds is 3. The van der Waals surface area contributed by atoms with Crippen molar-refractivity contribution in [3.63, 3.8) is 0 Å². The van der Waals surface area contributed by atoms with Gasteiger partial charge in [-0.3, -0.25) is 4.79 Å². The zero-order chi connectivity index (χ0) is 14.9. The molecule has 1 amide bonds. The zero-order valence-electron chi connectivity index (χ0n) is 12.5. The summed E-state index contributed by atoms with van der Waals surface area (Å²) in [5, 5.41) is 8.81. The molecule has 2 rings (SSSR count). The van der Waals surface area contributed by atoms with Crippen molar-refractivity contribution in [1.29, 1.82) is 0 Å². The van der Waals surface area contributed by atoms with Crippen molar-refractivity contribution in [3.05, 3.63) is 35.4 Å². The minimum absolute atomic E-state index is 0.0831. The third kappa shape index (κ3) is 4.91. The van der Waals surface area contributed by atoms with Gasteiger partial charge in [0.15, 0.2) is 0 Å². The molecule has 1 aromatic rings. The summed E-state index contributed by atoms with van der Waals surface area (Å²) in [6.07, 6.45) is 5.62. The number of amides is 1. The van der Waals surface area contributed by atoms with Gasteiger partial charge in [0.25, 0.3) is 0 Å².